The molecule has 2 fully saturated rings. The van der Waals surface area contributed by atoms with Crippen molar-refractivity contribution in [3.05, 3.63) is 72.7 Å². The fraction of sp³-hybridized carbons (Fsp3) is 0.345. The van der Waals surface area contributed by atoms with Gasteiger partial charge in [-0.1, -0.05) is 42.5 Å². The first kappa shape index (κ1) is 24.2. The summed E-state index contributed by atoms with van der Waals surface area (Å²) < 4.78 is 13.6. The summed E-state index contributed by atoms with van der Waals surface area (Å²) in [6.45, 7) is 3.69. The molecule has 38 heavy (non-hydrogen) atoms. The van der Waals surface area contributed by atoms with Gasteiger partial charge in [0.05, 0.1) is 18.6 Å². The lowest BCUT2D eigenvalue weighted by Gasteiger charge is -2.37. The molecule has 2 aliphatic rings. The second kappa shape index (κ2) is 10.7. The summed E-state index contributed by atoms with van der Waals surface area (Å²) in [7, 11) is 0. The number of nitrogens with zero attached hydrogens (tertiary/aromatic N) is 4. The van der Waals surface area contributed by atoms with Gasteiger partial charge in [0.1, 0.15) is 30.1 Å². The largest absolute Gasteiger partial charge is 0.489 e. The van der Waals surface area contributed by atoms with Crippen LogP contribution >= 0.6 is 0 Å². The van der Waals surface area contributed by atoms with Crippen molar-refractivity contribution in [2.45, 2.75) is 25.5 Å². The van der Waals surface area contributed by atoms with Crippen LogP contribution in [0.2, 0.25) is 0 Å². The quantitative estimate of drug-likeness (QED) is 0.383. The number of rotatable bonds is 7. The topological polar surface area (TPSA) is 108 Å². The van der Waals surface area contributed by atoms with E-state index < -0.39 is 0 Å². The summed E-state index contributed by atoms with van der Waals surface area (Å²) in [4.78, 5) is 23.1. The zero-order valence-electron chi connectivity index (χ0n) is 21.3. The molecule has 2 aromatic carbocycles. The van der Waals surface area contributed by atoms with Gasteiger partial charge < -0.3 is 30.0 Å². The van der Waals surface area contributed by atoms with Gasteiger partial charge in [0, 0.05) is 37.4 Å². The van der Waals surface area contributed by atoms with Gasteiger partial charge in [0.25, 0.3) is 0 Å². The van der Waals surface area contributed by atoms with Gasteiger partial charge in [-0.15, -0.1) is 0 Å². The van der Waals surface area contributed by atoms with E-state index in [0.717, 1.165) is 46.3 Å². The smallest absolute Gasteiger partial charge is 0.317 e. The summed E-state index contributed by atoms with van der Waals surface area (Å²) in [5, 5.41) is 3.95. The highest BCUT2D eigenvalue weighted by atomic mass is 16.5. The van der Waals surface area contributed by atoms with Crippen molar-refractivity contribution in [1.82, 2.24) is 24.8 Å². The minimum atomic E-state index is 0.000305. The van der Waals surface area contributed by atoms with Crippen LogP contribution in [0.1, 0.15) is 24.4 Å². The Morgan fingerprint density at radius 2 is 1.89 bits per heavy atom. The summed E-state index contributed by atoms with van der Waals surface area (Å²) in [5.41, 5.74) is 10.3. The van der Waals surface area contributed by atoms with Crippen molar-refractivity contribution in [2.75, 3.05) is 38.6 Å². The lowest BCUT2D eigenvalue weighted by atomic mass is 9.80. The molecule has 196 valence electrons. The molecule has 0 bridgehead atoms. The Labute approximate surface area is 221 Å². The number of fused-ring (bicyclic) bond motifs is 1. The SMILES string of the molecule is Nc1ncnc2c1c(-c1cccc(OCc3ccccc3)c1)cn2[C@H]1C[C@H](CNC(=O)N2CCOCC2)C1. The number of nitrogens with two attached hydrogens (primary N) is 1. The molecule has 4 aromatic rings. The Morgan fingerprint density at radius 1 is 1.08 bits per heavy atom. The summed E-state index contributed by atoms with van der Waals surface area (Å²) in [5.74, 6) is 1.69. The first-order valence-electron chi connectivity index (χ1n) is 13.1. The monoisotopic (exact) mass is 512 g/mol. The third kappa shape index (κ3) is 5.02. The van der Waals surface area contributed by atoms with Gasteiger partial charge in [-0.3, -0.25) is 0 Å². The number of carbonyl (C=O) groups excluding carboxylic acids is 1. The van der Waals surface area contributed by atoms with Crippen molar-refractivity contribution in [3.63, 3.8) is 0 Å². The Hall–Kier alpha value is -4.11. The number of ether oxygens (including phenoxy) is 2. The predicted molar refractivity (Wildman–Crippen MR) is 146 cm³/mol. The molecule has 1 saturated carbocycles. The summed E-state index contributed by atoms with van der Waals surface area (Å²) in [6, 6.07) is 18.5. The minimum absolute atomic E-state index is 0.000305. The molecule has 0 spiro atoms. The molecule has 1 aliphatic carbocycles. The van der Waals surface area contributed by atoms with E-state index in [1.54, 1.807) is 0 Å². The van der Waals surface area contributed by atoms with Crippen LogP contribution in [0.3, 0.4) is 0 Å². The highest BCUT2D eigenvalue weighted by Gasteiger charge is 2.33. The standard InChI is InChI=1S/C29H32N6O3/c30-27-26-25(22-7-4-8-24(15-22)38-18-20-5-2-1-3-6-20)17-35(28(26)33-19-32-27)23-13-21(14-23)16-31-29(36)34-9-11-37-12-10-34/h1-8,15,17,19,21,23H,9-14,16,18H2,(H,31,36)(H2,30,32,33)/t21-,23-. The average molecular weight is 513 g/mol. The first-order valence-corrected chi connectivity index (χ1v) is 13.1. The van der Waals surface area contributed by atoms with Gasteiger partial charge in [-0.05, 0) is 42.0 Å². The third-order valence-electron chi connectivity index (χ3n) is 7.48. The van der Waals surface area contributed by atoms with Crippen molar-refractivity contribution in [3.8, 4) is 16.9 Å². The maximum Gasteiger partial charge on any atom is 0.317 e. The lowest BCUT2D eigenvalue weighted by Crippen LogP contribution is -2.48. The van der Waals surface area contributed by atoms with Crippen LogP contribution in [-0.4, -0.2) is 58.3 Å². The second-order valence-electron chi connectivity index (χ2n) is 9.99. The number of benzene rings is 2. The first-order chi connectivity index (χ1) is 18.7. The molecule has 1 aliphatic heterocycles. The van der Waals surface area contributed by atoms with Crippen LogP contribution in [0.5, 0.6) is 5.75 Å². The molecule has 2 aromatic heterocycles. The number of nitrogen functional groups attached to an aromatic ring is 1. The normalized spacial score (nSPS) is 19.2. The van der Waals surface area contributed by atoms with E-state index in [-0.39, 0.29) is 6.03 Å². The Balaban J connectivity index is 1.16. The molecule has 0 unspecified atom stereocenters. The van der Waals surface area contributed by atoms with Crippen LogP contribution in [0.4, 0.5) is 10.6 Å². The van der Waals surface area contributed by atoms with Crippen LogP contribution in [0, 0.1) is 5.92 Å². The van der Waals surface area contributed by atoms with E-state index in [4.69, 9.17) is 15.2 Å². The molecule has 9 heteroatoms. The fourth-order valence-electron chi connectivity index (χ4n) is 5.30. The van der Waals surface area contributed by atoms with Crippen molar-refractivity contribution >= 4 is 22.9 Å². The van der Waals surface area contributed by atoms with E-state index in [1.807, 2.05) is 41.3 Å². The molecule has 0 radical (unpaired) electrons. The summed E-state index contributed by atoms with van der Waals surface area (Å²) >= 11 is 0. The molecular formula is C29H32N6O3. The van der Waals surface area contributed by atoms with Gasteiger partial charge >= 0.3 is 6.03 Å². The second-order valence-corrected chi connectivity index (χ2v) is 9.99. The van der Waals surface area contributed by atoms with Crippen molar-refractivity contribution < 1.29 is 14.3 Å². The molecule has 6 rings (SSSR count). The maximum atomic E-state index is 12.4. The van der Waals surface area contributed by atoms with Gasteiger partial charge in [-0.25, -0.2) is 14.8 Å². The number of hydrogen-bond acceptors (Lipinski definition) is 6. The molecular weight excluding hydrogens is 480 g/mol. The number of anilines is 1. The molecule has 0 atom stereocenters. The Bertz CT molecular complexity index is 1410. The van der Waals surface area contributed by atoms with E-state index >= 15 is 0 Å². The van der Waals surface area contributed by atoms with Crippen LogP contribution in [-0.2, 0) is 11.3 Å². The predicted octanol–water partition coefficient (Wildman–Crippen LogP) is 4.25. The van der Waals surface area contributed by atoms with E-state index in [1.165, 1.54) is 6.33 Å². The average Bonchev–Trinajstić information content (AvgIpc) is 3.33. The Kier molecular flexibility index (Phi) is 6.83. The highest BCUT2D eigenvalue weighted by molar-refractivity contribution is 6.00. The lowest BCUT2D eigenvalue weighted by molar-refractivity contribution is 0.0524. The molecule has 3 heterocycles. The van der Waals surface area contributed by atoms with Gasteiger partial charge in [0.15, 0.2) is 0 Å². The zero-order chi connectivity index (χ0) is 25.9. The zero-order valence-corrected chi connectivity index (χ0v) is 21.3. The van der Waals surface area contributed by atoms with Crippen molar-refractivity contribution in [1.29, 1.82) is 0 Å². The van der Waals surface area contributed by atoms with E-state index in [2.05, 4.69) is 44.2 Å². The molecule has 9 nitrogen and oxygen atoms in total. The van der Waals surface area contributed by atoms with E-state index in [9.17, 15) is 4.79 Å². The number of carbonyl (C=O) groups is 1. The maximum absolute atomic E-state index is 12.4. The van der Waals surface area contributed by atoms with E-state index in [0.29, 0.717) is 57.2 Å². The number of amides is 2. The number of hydrogen-bond donors (Lipinski definition) is 2. The van der Waals surface area contributed by atoms with Gasteiger partial charge in [-0.2, -0.15) is 0 Å². The molecule has 1 saturated heterocycles. The molecule has 3 N–H and O–H groups in total. The number of aromatic nitrogens is 3. The number of nitrogens with one attached hydrogen (secondary N) is 1. The van der Waals surface area contributed by atoms with Crippen LogP contribution in [0.25, 0.3) is 22.2 Å². The highest BCUT2D eigenvalue weighted by Crippen LogP contribution is 2.43. The van der Waals surface area contributed by atoms with Crippen LogP contribution < -0.4 is 15.8 Å². The number of morpholine rings is 1. The van der Waals surface area contributed by atoms with Gasteiger partial charge in [0.2, 0.25) is 0 Å². The fourth-order valence-corrected chi connectivity index (χ4v) is 5.30. The number of urea groups is 1. The Morgan fingerprint density at radius 3 is 2.71 bits per heavy atom. The molecule has 2 amide bonds. The summed E-state index contributed by atoms with van der Waals surface area (Å²) in [6.07, 6.45) is 5.60. The van der Waals surface area contributed by atoms with Crippen molar-refractivity contribution in [2.24, 2.45) is 5.92 Å². The van der Waals surface area contributed by atoms with Crippen LogP contribution in [0.15, 0.2) is 67.1 Å². The third-order valence-corrected chi connectivity index (χ3v) is 7.48. The minimum Gasteiger partial charge on any atom is -0.489 e.